The van der Waals surface area contributed by atoms with Crippen molar-refractivity contribution in [3.63, 3.8) is 0 Å². The Morgan fingerprint density at radius 3 is 2.78 bits per heavy atom. The summed E-state index contributed by atoms with van der Waals surface area (Å²) in [6, 6.07) is 12.4. The summed E-state index contributed by atoms with van der Waals surface area (Å²) in [4.78, 5) is 23.9. The van der Waals surface area contributed by atoms with Crippen LogP contribution in [0.3, 0.4) is 0 Å². The molecule has 1 aliphatic rings. The first-order valence-corrected chi connectivity index (χ1v) is 10.9. The number of thiazole rings is 1. The van der Waals surface area contributed by atoms with Crippen molar-refractivity contribution in [2.24, 2.45) is 0 Å². The fraction of sp³-hybridized carbons (Fsp3) is 0.300. The van der Waals surface area contributed by atoms with Gasteiger partial charge in [-0.2, -0.15) is 0 Å². The van der Waals surface area contributed by atoms with E-state index in [1.165, 1.54) is 4.88 Å². The van der Waals surface area contributed by atoms with E-state index in [-0.39, 0.29) is 11.7 Å². The van der Waals surface area contributed by atoms with Gasteiger partial charge in [-0.15, -0.1) is 22.7 Å². The smallest absolute Gasteiger partial charge is 0.306 e. The van der Waals surface area contributed by atoms with Gasteiger partial charge >= 0.3 is 5.69 Å². The molecule has 27 heavy (non-hydrogen) atoms. The number of aromatic nitrogens is 3. The molecule has 1 aliphatic heterocycles. The molecule has 0 spiro atoms. The van der Waals surface area contributed by atoms with E-state index in [9.17, 15) is 4.79 Å². The summed E-state index contributed by atoms with van der Waals surface area (Å²) in [5, 5.41) is 5.37. The van der Waals surface area contributed by atoms with Gasteiger partial charge in [0.2, 0.25) is 0 Å². The SMILES string of the molecule is O=c1[nH]c2ccccc2n1C1CCN(Cc2csc(-c3cccs3)n2)CC1. The molecular formula is C20H20N4OS2. The summed E-state index contributed by atoms with van der Waals surface area (Å²) in [6.07, 6.45) is 1.98. The predicted octanol–water partition coefficient (Wildman–Crippen LogP) is 4.35. The maximum atomic E-state index is 12.4. The number of hydrogen-bond donors (Lipinski definition) is 1. The van der Waals surface area contributed by atoms with Crippen molar-refractivity contribution in [2.45, 2.75) is 25.4 Å². The second kappa shape index (κ2) is 7.07. The number of hydrogen-bond acceptors (Lipinski definition) is 5. The number of benzene rings is 1. The van der Waals surface area contributed by atoms with E-state index in [4.69, 9.17) is 4.98 Å². The molecule has 1 fully saturated rings. The number of nitrogens with one attached hydrogen (secondary N) is 1. The Bertz CT molecular complexity index is 1100. The van der Waals surface area contributed by atoms with Gasteiger partial charge in [0, 0.05) is 31.1 Å². The lowest BCUT2D eigenvalue weighted by molar-refractivity contribution is 0.178. The third-order valence-electron chi connectivity index (χ3n) is 5.22. The lowest BCUT2D eigenvalue weighted by Gasteiger charge is -2.32. The molecule has 138 valence electrons. The van der Waals surface area contributed by atoms with Gasteiger partial charge in [0.1, 0.15) is 5.01 Å². The molecule has 4 aromatic rings. The Hall–Kier alpha value is -2.22. The number of H-pyrrole nitrogens is 1. The molecule has 1 aromatic carbocycles. The first-order chi connectivity index (χ1) is 13.3. The molecule has 0 radical (unpaired) electrons. The van der Waals surface area contributed by atoms with Crippen molar-refractivity contribution < 1.29 is 0 Å². The van der Waals surface area contributed by atoms with E-state index in [1.54, 1.807) is 22.7 Å². The highest BCUT2D eigenvalue weighted by atomic mass is 32.1. The van der Waals surface area contributed by atoms with Gasteiger partial charge in [0.05, 0.1) is 21.6 Å². The number of para-hydroxylation sites is 2. The fourth-order valence-electron chi connectivity index (χ4n) is 3.89. The lowest BCUT2D eigenvalue weighted by atomic mass is 10.0. The van der Waals surface area contributed by atoms with Crippen molar-refractivity contribution in [1.82, 2.24) is 19.4 Å². The molecule has 5 nitrogen and oxygen atoms in total. The van der Waals surface area contributed by atoms with Gasteiger partial charge in [0.25, 0.3) is 0 Å². The van der Waals surface area contributed by atoms with E-state index in [0.29, 0.717) is 0 Å². The van der Waals surface area contributed by atoms with Crippen LogP contribution >= 0.6 is 22.7 Å². The molecule has 7 heteroatoms. The quantitative estimate of drug-likeness (QED) is 0.558. The Morgan fingerprint density at radius 2 is 1.96 bits per heavy atom. The minimum absolute atomic E-state index is 0.00902. The highest BCUT2D eigenvalue weighted by Gasteiger charge is 2.24. The van der Waals surface area contributed by atoms with Crippen molar-refractivity contribution >= 4 is 33.7 Å². The van der Waals surface area contributed by atoms with E-state index in [2.05, 4.69) is 32.8 Å². The average Bonchev–Trinajstić information content (AvgIpc) is 3.41. The molecule has 0 aliphatic carbocycles. The largest absolute Gasteiger partial charge is 0.326 e. The molecule has 5 rings (SSSR count). The van der Waals surface area contributed by atoms with Crippen LogP contribution in [0, 0.1) is 0 Å². The maximum Gasteiger partial charge on any atom is 0.326 e. The van der Waals surface area contributed by atoms with Crippen LogP contribution in [0.2, 0.25) is 0 Å². The number of likely N-dealkylation sites (tertiary alicyclic amines) is 1. The number of thiophene rings is 1. The highest BCUT2D eigenvalue weighted by Crippen LogP contribution is 2.29. The van der Waals surface area contributed by atoms with E-state index in [1.807, 2.05) is 28.8 Å². The number of piperidine rings is 1. The number of fused-ring (bicyclic) bond motifs is 1. The van der Waals surface area contributed by atoms with Gasteiger partial charge in [-0.1, -0.05) is 18.2 Å². The maximum absolute atomic E-state index is 12.4. The summed E-state index contributed by atoms with van der Waals surface area (Å²) in [7, 11) is 0. The normalized spacial score (nSPS) is 16.3. The van der Waals surface area contributed by atoms with Crippen LogP contribution in [0.5, 0.6) is 0 Å². The van der Waals surface area contributed by atoms with Crippen molar-refractivity contribution in [2.75, 3.05) is 13.1 Å². The Balaban J connectivity index is 1.26. The van der Waals surface area contributed by atoms with Gasteiger partial charge in [0.15, 0.2) is 0 Å². The molecule has 3 aromatic heterocycles. The van der Waals surface area contributed by atoms with Crippen LogP contribution in [-0.2, 0) is 6.54 Å². The van der Waals surface area contributed by atoms with Gasteiger partial charge in [-0.25, -0.2) is 9.78 Å². The third-order valence-corrected chi connectivity index (χ3v) is 7.15. The Morgan fingerprint density at radius 1 is 1.11 bits per heavy atom. The summed E-state index contributed by atoms with van der Waals surface area (Å²) in [5.41, 5.74) is 3.09. The lowest BCUT2D eigenvalue weighted by Crippen LogP contribution is -2.36. The Kier molecular flexibility index (Phi) is 4.43. The van der Waals surface area contributed by atoms with Crippen LogP contribution in [0.4, 0.5) is 0 Å². The van der Waals surface area contributed by atoms with Gasteiger partial charge in [-0.05, 0) is 36.4 Å². The molecule has 0 amide bonds. The summed E-state index contributed by atoms with van der Waals surface area (Å²) >= 11 is 3.46. The van der Waals surface area contributed by atoms with E-state index >= 15 is 0 Å². The van der Waals surface area contributed by atoms with Crippen LogP contribution in [-0.4, -0.2) is 32.5 Å². The standard InChI is InChI=1S/C20H20N4OS2/c25-20-22-16-4-1-2-5-17(16)24(20)15-7-9-23(10-8-15)12-14-13-27-19(21-14)18-6-3-11-26-18/h1-6,11,13,15H,7-10,12H2,(H,22,25). The van der Waals surface area contributed by atoms with Gasteiger partial charge in [-0.3, -0.25) is 9.47 Å². The molecule has 0 unspecified atom stereocenters. The first-order valence-electron chi connectivity index (χ1n) is 9.18. The fourth-order valence-corrected chi connectivity index (χ4v) is 5.52. The van der Waals surface area contributed by atoms with E-state index in [0.717, 1.165) is 54.2 Å². The third kappa shape index (κ3) is 3.26. The minimum Gasteiger partial charge on any atom is -0.306 e. The zero-order valence-corrected chi connectivity index (χ0v) is 16.4. The summed E-state index contributed by atoms with van der Waals surface area (Å²) < 4.78 is 1.95. The van der Waals surface area contributed by atoms with Crippen molar-refractivity contribution in [3.05, 3.63) is 63.3 Å². The number of aromatic amines is 1. The zero-order chi connectivity index (χ0) is 18.2. The van der Waals surface area contributed by atoms with Gasteiger partial charge < -0.3 is 4.98 Å². The summed E-state index contributed by atoms with van der Waals surface area (Å²) in [6.45, 7) is 2.86. The average molecular weight is 397 g/mol. The summed E-state index contributed by atoms with van der Waals surface area (Å²) in [5.74, 6) is 0. The molecule has 4 heterocycles. The minimum atomic E-state index is 0.00902. The molecule has 0 saturated carbocycles. The molecule has 1 saturated heterocycles. The number of nitrogens with zero attached hydrogens (tertiary/aromatic N) is 3. The first kappa shape index (κ1) is 16.9. The number of rotatable bonds is 4. The van der Waals surface area contributed by atoms with Crippen LogP contribution in [0.25, 0.3) is 20.9 Å². The molecular weight excluding hydrogens is 376 g/mol. The van der Waals surface area contributed by atoms with Crippen molar-refractivity contribution in [3.8, 4) is 9.88 Å². The van der Waals surface area contributed by atoms with Crippen LogP contribution in [0.1, 0.15) is 24.6 Å². The number of imidazole rings is 1. The molecule has 0 bridgehead atoms. The van der Waals surface area contributed by atoms with E-state index < -0.39 is 0 Å². The molecule has 0 atom stereocenters. The van der Waals surface area contributed by atoms with Crippen molar-refractivity contribution in [1.29, 1.82) is 0 Å². The molecule has 1 N–H and O–H groups in total. The topological polar surface area (TPSA) is 53.9 Å². The monoisotopic (exact) mass is 396 g/mol. The second-order valence-electron chi connectivity index (χ2n) is 6.95. The van der Waals surface area contributed by atoms with Crippen LogP contribution < -0.4 is 5.69 Å². The predicted molar refractivity (Wildman–Crippen MR) is 112 cm³/mol. The Labute approximate surface area is 164 Å². The zero-order valence-electron chi connectivity index (χ0n) is 14.8. The highest BCUT2D eigenvalue weighted by molar-refractivity contribution is 7.20. The van der Waals surface area contributed by atoms with Crippen LogP contribution in [0.15, 0.2) is 52.0 Å². The second-order valence-corrected chi connectivity index (χ2v) is 8.75.